The third kappa shape index (κ3) is 4.74. The molecule has 0 spiro atoms. The molecule has 1 aliphatic heterocycles. The second-order valence-corrected chi connectivity index (χ2v) is 8.57. The number of anilines is 1. The summed E-state index contributed by atoms with van der Waals surface area (Å²) in [7, 11) is 0. The zero-order valence-electron chi connectivity index (χ0n) is 15.2. The van der Waals surface area contributed by atoms with Gasteiger partial charge >= 0.3 is 0 Å². The van der Waals surface area contributed by atoms with Crippen molar-refractivity contribution in [3.05, 3.63) is 33.8 Å². The molecule has 1 saturated carbocycles. The summed E-state index contributed by atoms with van der Waals surface area (Å²) in [5.41, 5.74) is 0.833. The van der Waals surface area contributed by atoms with E-state index in [0.717, 1.165) is 42.6 Å². The van der Waals surface area contributed by atoms with Crippen molar-refractivity contribution in [2.24, 2.45) is 0 Å². The average molecular weight is 442 g/mol. The minimum atomic E-state index is -0.0747. The monoisotopic (exact) mass is 441 g/mol. The molecule has 1 aromatic heterocycles. The number of nitrogens with zero attached hydrogens (tertiary/aromatic N) is 4. The Hall–Kier alpha value is -1.48. The van der Waals surface area contributed by atoms with Crippen LogP contribution in [0.2, 0.25) is 10.0 Å². The van der Waals surface area contributed by atoms with Crippen molar-refractivity contribution in [2.75, 3.05) is 37.0 Å². The minimum Gasteiger partial charge on any atom is -0.378 e. The Morgan fingerprint density at radius 1 is 1.25 bits per heavy atom. The van der Waals surface area contributed by atoms with Gasteiger partial charge in [-0.2, -0.15) is 0 Å². The van der Waals surface area contributed by atoms with Crippen LogP contribution >= 0.6 is 35.0 Å². The fraction of sp³-hybridized carbons (Fsp3) is 0.500. The van der Waals surface area contributed by atoms with E-state index in [4.69, 9.17) is 27.9 Å². The Morgan fingerprint density at radius 3 is 2.75 bits per heavy atom. The number of benzene rings is 1. The highest BCUT2D eigenvalue weighted by Gasteiger charge is 2.32. The minimum absolute atomic E-state index is 0.0747. The van der Waals surface area contributed by atoms with E-state index in [0.29, 0.717) is 35.8 Å². The number of hydrogen-bond acceptors (Lipinski definition) is 6. The summed E-state index contributed by atoms with van der Waals surface area (Å²) in [4.78, 5) is 14.5. The van der Waals surface area contributed by atoms with Gasteiger partial charge in [-0.3, -0.25) is 9.36 Å². The molecular formula is C18H21Cl2N5O2S. The summed E-state index contributed by atoms with van der Waals surface area (Å²) in [6.07, 6.45) is 2.26. The van der Waals surface area contributed by atoms with E-state index in [1.165, 1.54) is 11.8 Å². The number of ether oxygens (including phenoxy) is 1. The van der Waals surface area contributed by atoms with Crippen LogP contribution in [-0.4, -0.2) is 52.7 Å². The molecule has 2 aromatic rings. The van der Waals surface area contributed by atoms with Gasteiger partial charge < -0.3 is 15.0 Å². The SMILES string of the molecule is O=C(CSc1nnc(N2CCOCC2)n1C1CC1)NCc1ccc(Cl)cc1Cl. The van der Waals surface area contributed by atoms with E-state index in [9.17, 15) is 4.79 Å². The number of halogens is 2. The van der Waals surface area contributed by atoms with Crippen molar-refractivity contribution >= 4 is 46.8 Å². The van der Waals surface area contributed by atoms with Crippen molar-refractivity contribution in [2.45, 2.75) is 30.6 Å². The van der Waals surface area contributed by atoms with Crippen LogP contribution in [0.1, 0.15) is 24.4 Å². The number of rotatable bonds is 7. The van der Waals surface area contributed by atoms with Crippen LogP contribution in [0, 0.1) is 0 Å². The summed E-state index contributed by atoms with van der Waals surface area (Å²) in [5, 5.41) is 13.5. The van der Waals surface area contributed by atoms with Crippen LogP contribution in [-0.2, 0) is 16.1 Å². The van der Waals surface area contributed by atoms with Gasteiger partial charge in [-0.25, -0.2) is 0 Å². The summed E-state index contributed by atoms with van der Waals surface area (Å²) in [6.45, 7) is 3.41. The Kier molecular flexibility index (Phi) is 6.30. The van der Waals surface area contributed by atoms with Gasteiger partial charge in [0.2, 0.25) is 11.9 Å². The molecule has 150 valence electrons. The second-order valence-electron chi connectivity index (χ2n) is 6.78. The Bertz CT molecular complexity index is 852. The van der Waals surface area contributed by atoms with Crippen LogP contribution in [0.4, 0.5) is 5.95 Å². The molecule has 1 aliphatic carbocycles. The van der Waals surface area contributed by atoms with Crippen molar-refractivity contribution in [1.82, 2.24) is 20.1 Å². The first kappa shape index (κ1) is 19.8. The van der Waals surface area contributed by atoms with E-state index < -0.39 is 0 Å². The third-order valence-corrected chi connectivity index (χ3v) is 6.21. The smallest absolute Gasteiger partial charge is 0.230 e. The number of amides is 1. The van der Waals surface area contributed by atoms with Gasteiger partial charge in [0.05, 0.1) is 19.0 Å². The molecule has 2 aliphatic rings. The lowest BCUT2D eigenvalue weighted by atomic mass is 10.2. The van der Waals surface area contributed by atoms with Crippen LogP contribution in [0.3, 0.4) is 0 Å². The maximum atomic E-state index is 12.3. The molecule has 10 heteroatoms. The number of nitrogens with one attached hydrogen (secondary N) is 1. The zero-order chi connectivity index (χ0) is 19.5. The van der Waals surface area contributed by atoms with Gasteiger partial charge in [-0.15, -0.1) is 10.2 Å². The Balaban J connectivity index is 1.35. The van der Waals surface area contributed by atoms with Crippen LogP contribution < -0.4 is 10.2 Å². The van der Waals surface area contributed by atoms with Crippen molar-refractivity contribution in [3.8, 4) is 0 Å². The van der Waals surface area contributed by atoms with Gasteiger partial charge in [-0.1, -0.05) is 41.0 Å². The summed E-state index contributed by atoms with van der Waals surface area (Å²) < 4.78 is 7.61. The molecule has 1 N–H and O–H groups in total. The molecule has 2 heterocycles. The fourth-order valence-corrected chi connectivity index (χ4v) is 4.34. The van der Waals surface area contributed by atoms with Gasteiger partial charge in [0, 0.05) is 35.7 Å². The summed E-state index contributed by atoms with van der Waals surface area (Å²) >= 11 is 13.5. The van der Waals surface area contributed by atoms with Crippen molar-refractivity contribution in [3.63, 3.8) is 0 Å². The molecule has 7 nitrogen and oxygen atoms in total. The number of aromatic nitrogens is 3. The van der Waals surface area contributed by atoms with E-state index in [2.05, 4.69) is 25.0 Å². The molecule has 4 rings (SSSR count). The molecular weight excluding hydrogens is 421 g/mol. The first-order valence-corrected chi connectivity index (χ1v) is 11.0. The zero-order valence-corrected chi connectivity index (χ0v) is 17.6. The first-order valence-electron chi connectivity index (χ1n) is 9.23. The third-order valence-electron chi connectivity index (χ3n) is 4.68. The average Bonchev–Trinajstić information content (AvgIpc) is 3.45. The van der Waals surface area contributed by atoms with Gasteiger partial charge in [-0.05, 0) is 30.5 Å². The number of carbonyl (C=O) groups excluding carboxylic acids is 1. The number of hydrogen-bond donors (Lipinski definition) is 1. The largest absolute Gasteiger partial charge is 0.378 e. The number of thioether (sulfide) groups is 1. The van der Waals surface area contributed by atoms with E-state index in [1.807, 2.05) is 6.07 Å². The lowest BCUT2D eigenvalue weighted by Crippen LogP contribution is -2.38. The standard InChI is InChI=1S/C18H21Cl2N5O2S/c19-13-2-1-12(15(20)9-13)10-21-16(26)11-28-18-23-22-17(25(18)14-3-4-14)24-5-7-27-8-6-24/h1-2,9,14H,3-8,10-11H2,(H,21,26). The predicted octanol–water partition coefficient (Wildman–Crippen LogP) is 3.16. The van der Waals surface area contributed by atoms with Crippen molar-refractivity contribution < 1.29 is 9.53 Å². The van der Waals surface area contributed by atoms with E-state index >= 15 is 0 Å². The van der Waals surface area contributed by atoms with E-state index in [1.54, 1.807) is 12.1 Å². The van der Waals surface area contributed by atoms with Crippen LogP contribution in [0.15, 0.2) is 23.4 Å². The molecule has 1 amide bonds. The fourth-order valence-electron chi connectivity index (χ4n) is 3.04. The van der Waals surface area contributed by atoms with Gasteiger partial charge in [0.25, 0.3) is 0 Å². The molecule has 28 heavy (non-hydrogen) atoms. The van der Waals surface area contributed by atoms with E-state index in [-0.39, 0.29) is 11.7 Å². The number of carbonyl (C=O) groups is 1. The molecule has 0 bridgehead atoms. The molecule has 0 unspecified atom stereocenters. The van der Waals surface area contributed by atoms with Gasteiger partial charge in [0.15, 0.2) is 5.16 Å². The van der Waals surface area contributed by atoms with Crippen LogP contribution in [0.5, 0.6) is 0 Å². The van der Waals surface area contributed by atoms with Gasteiger partial charge in [0.1, 0.15) is 0 Å². The lowest BCUT2D eigenvalue weighted by Gasteiger charge is -2.27. The number of morpholine rings is 1. The normalized spacial score (nSPS) is 17.0. The highest BCUT2D eigenvalue weighted by atomic mass is 35.5. The topological polar surface area (TPSA) is 72.3 Å². The maximum Gasteiger partial charge on any atom is 0.230 e. The highest BCUT2D eigenvalue weighted by molar-refractivity contribution is 7.99. The maximum absolute atomic E-state index is 12.3. The van der Waals surface area contributed by atoms with Crippen molar-refractivity contribution in [1.29, 1.82) is 0 Å². The Morgan fingerprint density at radius 2 is 2.04 bits per heavy atom. The highest BCUT2D eigenvalue weighted by Crippen LogP contribution is 2.41. The lowest BCUT2D eigenvalue weighted by molar-refractivity contribution is -0.118. The Labute approximate surface area is 177 Å². The molecule has 0 radical (unpaired) electrons. The molecule has 1 saturated heterocycles. The molecule has 1 aromatic carbocycles. The quantitative estimate of drug-likeness (QED) is 0.665. The first-order chi connectivity index (χ1) is 13.6. The molecule has 2 fully saturated rings. The summed E-state index contributed by atoms with van der Waals surface area (Å²) in [6, 6.07) is 5.68. The van der Waals surface area contributed by atoms with Crippen LogP contribution in [0.25, 0.3) is 0 Å². The molecule has 0 atom stereocenters. The summed E-state index contributed by atoms with van der Waals surface area (Å²) in [5.74, 6) is 1.09. The second kappa shape index (κ2) is 8.90. The predicted molar refractivity (Wildman–Crippen MR) is 110 cm³/mol.